The van der Waals surface area contributed by atoms with Crippen LogP contribution in [0.4, 0.5) is 0 Å². The molecular weight excluding hydrogens is 170 g/mol. The highest BCUT2D eigenvalue weighted by Gasteiger charge is 2.35. The monoisotopic (exact) mass is 187 g/mol. The molecule has 0 unspecified atom stereocenters. The summed E-state index contributed by atoms with van der Waals surface area (Å²) in [6.45, 7) is 6.35. The van der Waals surface area contributed by atoms with Gasteiger partial charge < -0.3 is 5.11 Å². The first-order valence-electron chi connectivity index (χ1n) is 4.42. The number of carbonyl (C=O) groups is 1. The molecular formula is C8H17N3O2. The van der Waals surface area contributed by atoms with E-state index in [4.69, 9.17) is 10.9 Å². The zero-order chi connectivity index (χ0) is 10.1. The summed E-state index contributed by atoms with van der Waals surface area (Å²) in [6.07, 6.45) is 0. The van der Waals surface area contributed by atoms with Crippen molar-refractivity contribution in [1.29, 1.82) is 0 Å². The van der Waals surface area contributed by atoms with Crippen LogP contribution in [0, 0.1) is 0 Å². The average molecular weight is 187 g/mol. The Bertz CT molecular complexity index is 198. The molecule has 0 atom stereocenters. The molecule has 5 heteroatoms. The van der Waals surface area contributed by atoms with Gasteiger partial charge in [-0.1, -0.05) is 0 Å². The Hall–Kier alpha value is -0.650. The van der Waals surface area contributed by atoms with Crippen LogP contribution in [0.2, 0.25) is 0 Å². The van der Waals surface area contributed by atoms with Crippen molar-refractivity contribution in [2.75, 3.05) is 26.2 Å². The van der Waals surface area contributed by atoms with Gasteiger partial charge in [-0.25, -0.2) is 5.01 Å². The molecule has 1 fully saturated rings. The smallest absolute Gasteiger partial charge is 0.323 e. The molecule has 1 saturated heterocycles. The van der Waals surface area contributed by atoms with Gasteiger partial charge in [-0.2, -0.15) is 0 Å². The Morgan fingerprint density at radius 2 is 1.77 bits per heavy atom. The maximum absolute atomic E-state index is 10.9. The number of hydrogen-bond donors (Lipinski definition) is 2. The number of piperazine rings is 1. The van der Waals surface area contributed by atoms with Gasteiger partial charge in [0.05, 0.1) is 0 Å². The summed E-state index contributed by atoms with van der Waals surface area (Å²) in [6, 6.07) is 0. The highest BCUT2D eigenvalue weighted by Crippen LogP contribution is 2.15. The lowest BCUT2D eigenvalue weighted by Crippen LogP contribution is -2.59. The van der Waals surface area contributed by atoms with E-state index in [1.165, 1.54) is 0 Å². The summed E-state index contributed by atoms with van der Waals surface area (Å²) in [5.41, 5.74) is -0.777. The van der Waals surface area contributed by atoms with E-state index in [-0.39, 0.29) is 0 Å². The van der Waals surface area contributed by atoms with Crippen LogP contribution < -0.4 is 5.84 Å². The second kappa shape index (κ2) is 3.61. The zero-order valence-corrected chi connectivity index (χ0v) is 8.16. The molecule has 0 aromatic carbocycles. The first-order chi connectivity index (χ1) is 5.94. The van der Waals surface area contributed by atoms with Gasteiger partial charge in [-0.3, -0.25) is 15.5 Å². The number of carboxylic acid groups (broad SMARTS) is 1. The predicted octanol–water partition coefficient (Wildman–Crippen LogP) is -0.659. The SMILES string of the molecule is CC(C)(C(=O)O)N1CCN(N)CC1. The van der Waals surface area contributed by atoms with Gasteiger partial charge in [0.15, 0.2) is 0 Å². The molecule has 1 heterocycles. The molecule has 0 saturated carbocycles. The van der Waals surface area contributed by atoms with Gasteiger partial charge >= 0.3 is 5.97 Å². The van der Waals surface area contributed by atoms with Gasteiger partial charge in [0, 0.05) is 26.2 Å². The molecule has 0 amide bonds. The number of hydrazine groups is 1. The van der Waals surface area contributed by atoms with Crippen molar-refractivity contribution in [3.63, 3.8) is 0 Å². The van der Waals surface area contributed by atoms with E-state index >= 15 is 0 Å². The minimum Gasteiger partial charge on any atom is -0.480 e. The van der Waals surface area contributed by atoms with Crippen molar-refractivity contribution >= 4 is 5.97 Å². The van der Waals surface area contributed by atoms with Crippen molar-refractivity contribution < 1.29 is 9.90 Å². The van der Waals surface area contributed by atoms with E-state index in [0.29, 0.717) is 0 Å². The van der Waals surface area contributed by atoms with Crippen LogP contribution in [-0.2, 0) is 4.79 Å². The molecule has 1 aliphatic heterocycles. The minimum absolute atomic E-state index is 0.718. The molecule has 0 spiro atoms. The summed E-state index contributed by atoms with van der Waals surface area (Å²) in [7, 11) is 0. The van der Waals surface area contributed by atoms with E-state index in [2.05, 4.69) is 0 Å². The molecule has 1 aliphatic rings. The fourth-order valence-corrected chi connectivity index (χ4v) is 1.42. The van der Waals surface area contributed by atoms with Crippen LogP contribution in [0.3, 0.4) is 0 Å². The van der Waals surface area contributed by atoms with Crippen LogP contribution in [0.25, 0.3) is 0 Å². The summed E-state index contributed by atoms with van der Waals surface area (Å²) in [5.74, 6) is 4.80. The Morgan fingerprint density at radius 1 is 1.31 bits per heavy atom. The number of nitrogens with two attached hydrogens (primary N) is 1. The first-order valence-corrected chi connectivity index (χ1v) is 4.42. The third-order valence-corrected chi connectivity index (χ3v) is 2.63. The van der Waals surface area contributed by atoms with Gasteiger partial charge in [0.1, 0.15) is 5.54 Å². The van der Waals surface area contributed by atoms with Crippen molar-refractivity contribution in [1.82, 2.24) is 9.91 Å². The zero-order valence-electron chi connectivity index (χ0n) is 8.16. The topological polar surface area (TPSA) is 69.8 Å². The number of nitrogens with zero attached hydrogens (tertiary/aromatic N) is 2. The summed E-state index contributed by atoms with van der Waals surface area (Å²) in [4.78, 5) is 12.9. The Kier molecular flexibility index (Phi) is 2.90. The minimum atomic E-state index is -0.780. The molecule has 0 aromatic heterocycles. The molecule has 3 N–H and O–H groups in total. The summed E-state index contributed by atoms with van der Waals surface area (Å²) >= 11 is 0. The van der Waals surface area contributed by atoms with Crippen LogP contribution in [0.1, 0.15) is 13.8 Å². The number of aliphatic carboxylic acids is 1. The van der Waals surface area contributed by atoms with Crippen LogP contribution in [0.15, 0.2) is 0 Å². The number of rotatable bonds is 2. The highest BCUT2D eigenvalue weighted by molar-refractivity contribution is 5.77. The maximum Gasteiger partial charge on any atom is 0.323 e. The van der Waals surface area contributed by atoms with Gasteiger partial charge in [0.25, 0.3) is 0 Å². The van der Waals surface area contributed by atoms with Crippen molar-refractivity contribution in [2.24, 2.45) is 5.84 Å². The average Bonchev–Trinajstić information content (AvgIpc) is 2.04. The lowest BCUT2D eigenvalue weighted by Gasteiger charge is -2.40. The Balaban J connectivity index is 2.58. The highest BCUT2D eigenvalue weighted by atomic mass is 16.4. The lowest BCUT2D eigenvalue weighted by molar-refractivity contribution is -0.150. The van der Waals surface area contributed by atoms with Crippen molar-refractivity contribution in [3.05, 3.63) is 0 Å². The molecule has 1 rings (SSSR count). The fourth-order valence-electron chi connectivity index (χ4n) is 1.42. The third kappa shape index (κ3) is 2.18. The van der Waals surface area contributed by atoms with Gasteiger partial charge in [-0.15, -0.1) is 0 Å². The molecule has 0 aliphatic carbocycles. The summed E-state index contributed by atoms with van der Waals surface area (Å²) < 4.78 is 0. The predicted molar refractivity (Wildman–Crippen MR) is 49.0 cm³/mol. The van der Waals surface area contributed by atoms with Gasteiger partial charge in [-0.05, 0) is 13.8 Å². The molecule has 0 radical (unpaired) electrons. The molecule has 76 valence electrons. The van der Waals surface area contributed by atoms with E-state index in [0.717, 1.165) is 26.2 Å². The maximum atomic E-state index is 10.9. The van der Waals surface area contributed by atoms with E-state index in [9.17, 15) is 4.79 Å². The van der Waals surface area contributed by atoms with Crippen LogP contribution >= 0.6 is 0 Å². The number of hydrogen-bond acceptors (Lipinski definition) is 4. The lowest BCUT2D eigenvalue weighted by atomic mass is 10.0. The largest absolute Gasteiger partial charge is 0.480 e. The van der Waals surface area contributed by atoms with E-state index in [1.54, 1.807) is 18.9 Å². The second-order valence-corrected chi connectivity index (χ2v) is 3.89. The van der Waals surface area contributed by atoms with Crippen molar-refractivity contribution in [2.45, 2.75) is 19.4 Å². The first kappa shape index (κ1) is 10.4. The number of carboxylic acids is 1. The fraction of sp³-hybridized carbons (Fsp3) is 0.875. The molecule has 0 aromatic rings. The van der Waals surface area contributed by atoms with E-state index < -0.39 is 11.5 Å². The second-order valence-electron chi connectivity index (χ2n) is 3.89. The summed E-state index contributed by atoms with van der Waals surface area (Å²) in [5, 5.41) is 10.7. The normalized spacial score (nSPS) is 21.8. The van der Waals surface area contributed by atoms with Gasteiger partial charge in [0.2, 0.25) is 0 Å². The van der Waals surface area contributed by atoms with Crippen LogP contribution in [0.5, 0.6) is 0 Å². The standard InChI is InChI=1S/C8H17N3O2/c1-8(2,7(12)13)10-3-5-11(9)6-4-10/h3-6,9H2,1-2H3,(H,12,13). The van der Waals surface area contributed by atoms with Crippen molar-refractivity contribution in [3.8, 4) is 0 Å². The molecule has 0 bridgehead atoms. The third-order valence-electron chi connectivity index (χ3n) is 2.63. The quantitative estimate of drug-likeness (QED) is 0.562. The molecule has 5 nitrogen and oxygen atoms in total. The Morgan fingerprint density at radius 3 is 2.15 bits per heavy atom. The Labute approximate surface area is 78.1 Å². The van der Waals surface area contributed by atoms with Crippen LogP contribution in [-0.4, -0.2) is 52.7 Å². The molecule has 13 heavy (non-hydrogen) atoms. The van der Waals surface area contributed by atoms with E-state index in [1.807, 2.05) is 4.90 Å².